The molecule has 1 aromatic heterocycles. The number of hydrogen-bond acceptors (Lipinski definition) is 3. The molecule has 3 N–H and O–H groups in total. The first-order chi connectivity index (χ1) is 10.5. The minimum atomic E-state index is -1.16. The number of fused-ring (bicyclic) bond motifs is 1. The minimum absolute atomic E-state index is 0.369. The Morgan fingerprint density at radius 1 is 1.36 bits per heavy atom. The van der Waals surface area contributed by atoms with E-state index in [-0.39, 0.29) is 5.91 Å². The van der Waals surface area contributed by atoms with Gasteiger partial charge in [0.05, 0.1) is 17.3 Å². The van der Waals surface area contributed by atoms with Crippen molar-refractivity contribution in [2.45, 2.75) is 38.1 Å². The molecule has 0 spiro atoms. The predicted molar refractivity (Wildman–Crippen MR) is 81.6 cm³/mol. The average Bonchev–Trinajstić information content (AvgIpc) is 2.97. The Morgan fingerprint density at radius 2 is 2.09 bits per heavy atom. The van der Waals surface area contributed by atoms with Gasteiger partial charge in [0, 0.05) is 5.39 Å². The molecule has 1 amide bonds. The number of hydrogen-bond donors (Lipinski definition) is 3. The van der Waals surface area contributed by atoms with Crippen LogP contribution >= 0.6 is 0 Å². The van der Waals surface area contributed by atoms with Crippen LogP contribution in [0.5, 0.6) is 0 Å². The molecule has 1 aliphatic carbocycles. The molecule has 2 aromatic rings. The molecule has 0 atom stereocenters. The van der Waals surface area contributed by atoms with Gasteiger partial charge in [-0.25, -0.2) is 4.79 Å². The quantitative estimate of drug-likeness (QED) is 0.810. The van der Waals surface area contributed by atoms with E-state index in [9.17, 15) is 14.7 Å². The van der Waals surface area contributed by atoms with Crippen molar-refractivity contribution in [3.63, 3.8) is 0 Å². The summed E-state index contributed by atoms with van der Waals surface area (Å²) in [6.45, 7) is 2.11. The second kappa shape index (κ2) is 5.44. The molecule has 1 heterocycles. The van der Waals surface area contributed by atoms with Gasteiger partial charge in [0.25, 0.3) is 5.91 Å². The molecule has 0 saturated heterocycles. The summed E-state index contributed by atoms with van der Waals surface area (Å²) in [6, 6.07) is 5.30. The van der Waals surface area contributed by atoms with Crippen LogP contribution in [0.15, 0.2) is 24.4 Å². The van der Waals surface area contributed by atoms with Crippen LogP contribution < -0.4 is 5.32 Å². The number of aromatic nitrogens is 2. The first kappa shape index (κ1) is 14.6. The number of nitrogens with zero attached hydrogens (tertiary/aromatic N) is 1. The summed E-state index contributed by atoms with van der Waals surface area (Å²) in [5.41, 5.74) is -0.106. The van der Waals surface area contributed by atoms with Crippen molar-refractivity contribution in [2.75, 3.05) is 0 Å². The number of carbonyl (C=O) groups excluding carboxylic acids is 1. The standard InChI is InChI=1S/C16H19N3O3/c1-10-5-7-16(8-6-10,15(21)22)18-14(20)12-4-2-3-11-9-17-19-13(11)12/h2-4,9-10H,5-8H2,1H3,(H,17,19)(H,18,20)(H,21,22). The van der Waals surface area contributed by atoms with Crippen LogP contribution in [-0.4, -0.2) is 32.7 Å². The van der Waals surface area contributed by atoms with Gasteiger partial charge in [0.15, 0.2) is 0 Å². The molecule has 1 saturated carbocycles. The lowest BCUT2D eigenvalue weighted by Crippen LogP contribution is -2.56. The summed E-state index contributed by atoms with van der Waals surface area (Å²) in [4.78, 5) is 24.3. The Kier molecular flexibility index (Phi) is 3.60. The number of aliphatic carboxylic acids is 1. The van der Waals surface area contributed by atoms with Crippen molar-refractivity contribution in [1.29, 1.82) is 0 Å². The van der Waals surface area contributed by atoms with Crippen molar-refractivity contribution in [2.24, 2.45) is 5.92 Å². The first-order valence-corrected chi connectivity index (χ1v) is 7.50. The number of nitrogens with one attached hydrogen (secondary N) is 2. The molecular formula is C16H19N3O3. The Balaban J connectivity index is 1.89. The third kappa shape index (κ3) is 2.45. The SMILES string of the molecule is CC1CCC(NC(=O)c2cccc3cn[nH]c23)(C(=O)O)CC1. The number of carboxylic acid groups (broad SMARTS) is 1. The van der Waals surface area contributed by atoms with E-state index in [1.807, 2.05) is 6.07 Å². The van der Waals surface area contributed by atoms with Crippen molar-refractivity contribution < 1.29 is 14.7 Å². The zero-order valence-electron chi connectivity index (χ0n) is 12.4. The number of rotatable bonds is 3. The molecule has 22 heavy (non-hydrogen) atoms. The van der Waals surface area contributed by atoms with Gasteiger partial charge in [-0.15, -0.1) is 0 Å². The second-order valence-corrected chi connectivity index (χ2v) is 6.16. The maximum absolute atomic E-state index is 12.6. The van der Waals surface area contributed by atoms with Crippen LogP contribution in [0.3, 0.4) is 0 Å². The molecule has 0 bridgehead atoms. The summed E-state index contributed by atoms with van der Waals surface area (Å²) in [6.07, 6.45) is 4.19. The highest BCUT2D eigenvalue weighted by atomic mass is 16.4. The molecule has 1 aromatic carbocycles. The smallest absolute Gasteiger partial charge is 0.329 e. The maximum atomic E-state index is 12.6. The second-order valence-electron chi connectivity index (χ2n) is 6.16. The molecular weight excluding hydrogens is 282 g/mol. The molecule has 1 aliphatic rings. The van der Waals surface area contributed by atoms with Gasteiger partial charge in [-0.1, -0.05) is 19.1 Å². The molecule has 6 nitrogen and oxygen atoms in total. The number of carboxylic acids is 1. The van der Waals surface area contributed by atoms with Crippen molar-refractivity contribution in [1.82, 2.24) is 15.5 Å². The van der Waals surface area contributed by atoms with Gasteiger partial charge in [-0.2, -0.15) is 5.10 Å². The topological polar surface area (TPSA) is 95.1 Å². The number of para-hydroxylation sites is 1. The minimum Gasteiger partial charge on any atom is -0.480 e. The van der Waals surface area contributed by atoms with Crippen LogP contribution in [-0.2, 0) is 4.79 Å². The fourth-order valence-electron chi connectivity index (χ4n) is 3.09. The highest BCUT2D eigenvalue weighted by Gasteiger charge is 2.42. The molecule has 0 unspecified atom stereocenters. The zero-order valence-corrected chi connectivity index (χ0v) is 12.4. The maximum Gasteiger partial charge on any atom is 0.329 e. The van der Waals surface area contributed by atoms with E-state index in [0.717, 1.165) is 18.2 Å². The van der Waals surface area contributed by atoms with Crippen LogP contribution in [0, 0.1) is 5.92 Å². The van der Waals surface area contributed by atoms with E-state index in [2.05, 4.69) is 22.4 Å². The summed E-state index contributed by atoms with van der Waals surface area (Å²) >= 11 is 0. The predicted octanol–water partition coefficient (Wildman–Crippen LogP) is 2.33. The van der Waals surface area contributed by atoms with E-state index in [1.165, 1.54) is 0 Å². The van der Waals surface area contributed by atoms with Crippen LogP contribution in [0.4, 0.5) is 0 Å². The Labute approximate surface area is 127 Å². The number of carbonyl (C=O) groups is 2. The van der Waals surface area contributed by atoms with Crippen LogP contribution in [0.1, 0.15) is 43.0 Å². The Hall–Kier alpha value is -2.37. The van der Waals surface area contributed by atoms with E-state index < -0.39 is 11.5 Å². The Morgan fingerprint density at radius 3 is 2.77 bits per heavy atom. The van der Waals surface area contributed by atoms with E-state index in [1.54, 1.807) is 18.3 Å². The fraction of sp³-hybridized carbons (Fsp3) is 0.438. The van der Waals surface area contributed by atoms with Gasteiger partial charge in [-0.3, -0.25) is 9.89 Å². The first-order valence-electron chi connectivity index (χ1n) is 7.50. The monoisotopic (exact) mass is 301 g/mol. The van der Waals surface area contributed by atoms with Gasteiger partial charge in [0.1, 0.15) is 5.54 Å². The van der Waals surface area contributed by atoms with Gasteiger partial charge in [0.2, 0.25) is 0 Å². The molecule has 3 rings (SSSR count). The number of aromatic amines is 1. The lowest BCUT2D eigenvalue weighted by Gasteiger charge is -2.36. The number of H-pyrrole nitrogens is 1. The Bertz CT molecular complexity index is 714. The highest BCUT2D eigenvalue weighted by molar-refractivity contribution is 6.06. The van der Waals surface area contributed by atoms with Gasteiger partial charge >= 0.3 is 5.97 Å². The molecule has 6 heteroatoms. The molecule has 116 valence electrons. The number of amides is 1. The van der Waals surface area contributed by atoms with Gasteiger partial charge in [-0.05, 0) is 37.7 Å². The third-order valence-electron chi connectivity index (χ3n) is 4.61. The molecule has 1 fully saturated rings. The lowest BCUT2D eigenvalue weighted by atomic mass is 9.77. The summed E-state index contributed by atoms with van der Waals surface area (Å²) in [5, 5.41) is 19.9. The largest absolute Gasteiger partial charge is 0.480 e. The van der Waals surface area contributed by atoms with Crippen molar-refractivity contribution >= 4 is 22.8 Å². The average molecular weight is 301 g/mol. The van der Waals surface area contributed by atoms with Crippen LogP contribution in [0.25, 0.3) is 10.9 Å². The lowest BCUT2D eigenvalue weighted by molar-refractivity contribution is -0.146. The summed E-state index contributed by atoms with van der Waals surface area (Å²) in [5.74, 6) is -0.822. The van der Waals surface area contributed by atoms with Gasteiger partial charge < -0.3 is 10.4 Å². The fourth-order valence-corrected chi connectivity index (χ4v) is 3.09. The molecule has 0 aliphatic heterocycles. The normalized spacial score (nSPS) is 25.0. The number of benzene rings is 1. The van der Waals surface area contributed by atoms with Crippen LogP contribution in [0.2, 0.25) is 0 Å². The van der Waals surface area contributed by atoms with E-state index in [0.29, 0.717) is 29.8 Å². The summed E-state index contributed by atoms with van der Waals surface area (Å²) < 4.78 is 0. The summed E-state index contributed by atoms with van der Waals surface area (Å²) in [7, 11) is 0. The van der Waals surface area contributed by atoms with Crippen molar-refractivity contribution in [3.8, 4) is 0 Å². The van der Waals surface area contributed by atoms with E-state index >= 15 is 0 Å². The van der Waals surface area contributed by atoms with E-state index in [4.69, 9.17) is 0 Å². The third-order valence-corrected chi connectivity index (χ3v) is 4.61. The molecule has 0 radical (unpaired) electrons. The highest BCUT2D eigenvalue weighted by Crippen LogP contribution is 2.32. The zero-order chi connectivity index (χ0) is 15.7. The van der Waals surface area contributed by atoms with Crippen molar-refractivity contribution in [3.05, 3.63) is 30.0 Å².